The smallest absolute Gasteiger partial charge is 0.267 e. The summed E-state index contributed by atoms with van der Waals surface area (Å²) in [4.78, 5) is 37.3. The van der Waals surface area contributed by atoms with E-state index in [2.05, 4.69) is 0 Å². The third-order valence-electron chi connectivity index (χ3n) is 3.77. The quantitative estimate of drug-likeness (QED) is 0.623. The van der Waals surface area contributed by atoms with Crippen molar-refractivity contribution in [2.24, 2.45) is 0 Å². The Kier molecular flexibility index (Phi) is 3.73. The SMILES string of the molecule is COC1=C(OC)C(=O)C2=C(OC(c3ccccc3)CC2=O)C1=O. The van der Waals surface area contributed by atoms with Gasteiger partial charge in [0.05, 0.1) is 20.6 Å². The monoisotopic (exact) mass is 314 g/mol. The lowest BCUT2D eigenvalue weighted by Crippen LogP contribution is -2.35. The number of hydrogen-bond acceptors (Lipinski definition) is 6. The van der Waals surface area contributed by atoms with Crippen LogP contribution in [-0.4, -0.2) is 31.6 Å². The molecule has 0 aromatic heterocycles. The lowest BCUT2D eigenvalue weighted by Gasteiger charge is -2.29. The van der Waals surface area contributed by atoms with E-state index in [1.165, 1.54) is 14.2 Å². The van der Waals surface area contributed by atoms with E-state index in [-0.39, 0.29) is 29.3 Å². The first-order chi connectivity index (χ1) is 11.1. The summed E-state index contributed by atoms with van der Waals surface area (Å²) in [6.07, 6.45) is -0.623. The summed E-state index contributed by atoms with van der Waals surface area (Å²) in [6, 6.07) is 9.05. The summed E-state index contributed by atoms with van der Waals surface area (Å²) in [6.45, 7) is 0. The molecule has 1 atom stereocenters. The first-order valence-electron chi connectivity index (χ1n) is 6.99. The zero-order valence-electron chi connectivity index (χ0n) is 12.6. The summed E-state index contributed by atoms with van der Waals surface area (Å²) < 4.78 is 15.6. The number of ether oxygens (including phenoxy) is 3. The Morgan fingerprint density at radius 1 is 0.957 bits per heavy atom. The molecule has 118 valence electrons. The topological polar surface area (TPSA) is 78.9 Å². The Morgan fingerprint density at radius 3 is 2.17 bits per heavy atom. The maximum Gasteiger partial charge on any atom is 0.267 e. The highest BCUT2D eigenvalue weighted by Crippen LogP contribution is 2.37. The highest BCUT2D eigenvalue weighted by Gasteiger charge is 2.45. The van der Waals surface area contributed by atoms with Crippen LogP contribution in [0.1, 0.15) is 18.1 Å². The largest absolute Gasteiger partial charge is 0.489 e. The zero-order valence-corrected chi connectivity index (χ0v) is 12.6. The van der Waals surface area contributed by atoms with Crippen LogP contribution in [0, 0.1) is 0 Å². The van der Waals surface area contributed by atoms with E-state index >= 15 is 0 Å². The van der Waals surface area contributed by atoms with Gasteiger partial charge in [-0.05, 0) is 5.56 Å². The molecule has 0 amide bonds. The maximum absolute atomic E-state index is 12.5. The van der Waals surface area contributed by atoms with Crippen molar-refractivity contribution in [1.82, 2.24) is 0 Å². The number of allylic oxidation sites excluding steroid dienone is 1. The van der Waals surface area contributed by atoms with Gasteiger partial charge in [-0.3, -0.25) is 14.4 Å². The van der Waals surface area contributed by atoms with Gasteiger partial charge in [-0.2, -0.15) is 0 Å². The maximum atomic E-state index is 12.5. The molecule has 3 rings (SSSR count). The molecule has 1 heterocycles. The normalized spacial score (nSPS) is 21.1. The van der Waals surface area contributed by atoms with Crippen molar-refractivity contribution < 1.29 is 28.6 Å². The number of hydrogen-bond donors (Lipinski definition) is 0. The van der Waals surface area contributed by atoms with Crippen LogP contribution in [0.3, 0.4) is 0 Å². The van der Waals surface area contributed by atoms with Crippen molar-refractivity contribution in [3.8, 4) is 0 Å². The van der Waals surface area contributed by atoms with Crippen molar-refractivity contribution in [3.05, 3.63) is 58.7 Å². The highest BCUT2D eigenvalue weighted by atomic mass is 16.5. The van der Waals surface area contributed by atoms with E-state index in [9.17, 15) is 14.4 Å². The van der Waals surface area contributed by atoms with Crippen LogP contribution in [0.2, 0.25) is 0 Å². The average molecular weight is 314 g/mol. The summed E-state index contributed by atoms with van der Waals surface area (Å²) in [5.74, 6) is -2.58. The number of carbonyl (C=O) groups excluding carboxylic acids is 3. The van der Waals surface area contributed by atoms with Gasteiger partial charge in [0, 0.05) is 0 Å². The van der Waals surface area contributed by atoms with Gasteiger partial charge in [0.1, 0.15) is 11.7 Å². The van der Waals surface area contributed by atoms with Gasteiger partial charge in [-0.1, -0.05) is 30.3 Å². The van der Waals surface area contributed by atoms with E-state index in [0.717, 1.165) is 5.56 Å². The Morgan fingerprint density at radius 2 is 1.57 bits per heavy atom. The molecule has 0 saturated heterocycles. The molecule has 0 spiro atoms. The number of Topliss-reactive ketones (excluding diaryl/α,β-unsaturated/α-hetero) is 3. The fourth-order valence-corrected chi connectivity index (χ4v) is 2.68. The molecule has 1 aliphatic carbocycles. The summed E-state index contributed by atoms with van der Waals surface area (Å²) >= 11 is 0. The third-order valence-corrected chi connectivity index (χ3v) is 3.77. The van der Waals surface area contributed by atoms with Crippen LogP contribution < -0.4 is 0 Å². The van der Waals surface area contributed by atoms with E-state index < -0.39 is 23.5 Å². The van der Waals surface area contributed by atoms with Crippen molar-refractivity contribution in [1.29, 1.82) is 0 Å². The summed E-state index contributed by atoms with van der Waals surface area (Å²) in [7, 11) is 2.50. The fourth-order valence-electron chi connectivity index (χ4n) is 2.68. The van der Waals surface area contributed by atoms with Gasteiger partial charge in [-0.25, -0.2) is 0 Å². The van der Waals surface area contributed by atoms with Gasteiger partial charge in [0.2, 0.25) is 17.3 Å². The third kappa shape index (κ3) is 2.32. The minimum absolute atomic E-state index is 0.0127. The molecular weight excluding hydrogens is 300 g/mol. The molecule has 6 heteroatoms. The molecule has 0 N–H and O–H groups in total. The minimum Gasteiger partial charge on any atom is -0.489 e. The van der Waals surface area contributed by atoms with Gasteiger partial charge >= 0.3 is 0 Å². The first kappa shape index (κ1) is 15.0. The number of carbonyl (C=O) groups is 3. The lowest BCUT2D eigenvalue weighted by molar-refractivity contribution is -0.132. The van der Waals surface area contributed by atoms with Crippen molar-refractivity contribution in [2.75, 3.05) is 14.2 Å². The van der Waals surface area contributed by atoms with E-state index in [4.69, 9.17) is 14.2 Å². The first-order valence-corrected chi connectivity index (χ1v) is 6.99. The minimum atomic E-state index is -0.685. The van der Waals surface area contributed by atoms with Crippen LogP contribution >= 0.6 is 0 Å². The van der Waals surface area contributed by atoms with Gasteiger partial charge < -0.3 is 14.2 Å². The second kappa shape index (κ2) is 5.72. The molecule has 23 heavy (non-hydrogen) atoms. The van der Waals surface area contributed by atoms with E-state index in [1.54, 1.807) is 12.1 Å². The van der Waals surface area contributed by atoms with Crippen LogP contribution in [0.5, 0.6) is 0 Å². The van der Waals surface area contributed by atoms with Crippen LogP contribution in [-0.2, 0) is 28.6 Å². The summed E-state index contributed by atoms with van der Waals surface area (Å²) in [5, 5.41) is 0. The van der Waals surface area contributed by atoms with E-state index in [1.807, 2.05) is 18.2 Å². The molecule has 0 saturated carbocycles. The molecule has 6 nitrogen and oxygen atoms in total. The van der Waals surface area contributed by atoms with Crippen LogP contribution in [0.25, 0.3) is 0 Å². The highest BCUT2D eigenvalue weighted by molar-refractivity contribution is 6.34. The molecule has 1 aromatic carbocycles. The van der Waals surface area contributed by atoms with Gasteiger partial charge in [0.15, 0.2) is 11.5 Å². The number of benzene rings is 1. The Balaban J connectivity index is 2.04. The Bertz CT molecular complexity index is 757. The molecule has 0 fully saturated rings. The average Bonchev–Trinajstić information content (AvgIpc) is 2.57. The molecule has 1 aromatic rings. The van der Waals surface area contributed by atoms with Gasteiger partial charge in [0.25, 0.3) is 5.78 Å². The Hall–Kier alpha value is -2.89. The van der Waals surface area contributed by atoms with Gasteiger partial charge in [-0.15, -0.1) is 0 Å². The number of methoxy groups -OCH3 is 2. The van der Waals surface area contributed by atoms with Crippen molar-refractivity contribution in [3.63, 3.8) is 0 Å². The zero-order chi connectivity index (χ0) is 16.6. The van der Waals surface area contributed by atoms with Crippen LogP contribution in [0.4, 0.5) is 0 Å². The molecular formula is C17H14O6. The second-order valence-electron chi connectivity index (χ2n) is 5.07. The fraction of sp³-hybridized carbons (Fsp3) is 0.235. The molecule has 0 bridgehead atoms. The Labute approximate surface area is 132 Å². The second-order valence-corrected chi connectivity index (χ2v) is 5.07. The number of ketones is 3. The standard InChI is InChI=1S/C17H14O6/c1-21-16-13(19)12-10(18)8-11(9-6-4-3-5-7-9)23-15(12)14(20)17(16)22-2/h3-7,11H,8H2,1-2H3. The van der Waals surface area contributed by atoms with Crippen molar-refractivity contribution >= 4 is 17.3 Å². The molecule has 0 radical (unpaired) electrons. The predicted molar refractivity (Wildman–Crippen MR) is 78.0 cm³/mol. The molecule has 1 aliphatic heterocycles. The lowest BCUT2D eigenvalue weighted by atomic mass is 9.88. The summed E-state index contributed by atoms with van der Waals surface area (Å²) in [5.41, 5.74) is 0.493. The molecule has 1 unspecified atom stereocenters. The van der Waals surface area contributed by atoms with Crippen molar-refractivity contribution in [2.45, 2.75) is 12.5 Å². The van der Waals surface area contributed by atoms with E-state index in [0.29, 0.717) is 0 Å². The number of rotatable bonds is 3. The predicted octanol–water partition coefficient (Wildman–Crippen LogP) is 1.63. The molecule has 2 aliphatic rings. The van der Waals surface area contributed by atoms with Crippen LogP contribution in [0.15, 0.2) is 53.2 Å².